The van der Waals surface area contributed by atoms with Crippen molar-refractivity contribution in [2.45, 2.75) is 146 Å². The van der Waals surface area contributed by atoms with Gasteiger partial charge in [0.1, 0.15) is 0 Å². The first-order valence-corrected chi connectivity index (χ1v) is 16.5. The third-order valence-electron chi connectivity index (χ3n) is 9.99. The maximum atomic E-state index is 2.50. The summed E-state index contributed by atoms with van der Waals surface area (Å²) in [6, 6.07) is 0. The second-order valence-electron chi connectivity index (χ2n) is 14.8. The molecule has 0 spiro atoms. The van der Waals surface area contributed by atoms with Gasteiger partial charge in [-0.15, -0.1) is 0 Å². The fourth-order valence-corrected chi connectivity index (χ4v) is 7.17. The average molecular weight is 545 g/mol. The van der Waals surface area contributed by atoms with E-state index in [0.29, 0.717) is 10.8 Å². The smallest absolute Gasteiger partial charge is 0.0104 e. The van der Waals surface area contributed by atoms with Crippen molar-refractivity contribution >= 4 is 0 Å². The van der Waals surface area contributed by atoms with Gasteiger partial charge in [-0.1, -0.05) is 124 Å². The first-order chi connectivity index (χ1) is 18.8. The minimum absolute atomic E-state index is 0.317. The van der Waals surface area contributed by atoms with Crippen LogP contribution in [0, 0.1) is 22.7 Å². The van der Waals surface area contributed by atoms with Gasteiger partial charge in [-0.3, -0.25) is 0 Å². The van der Waals surface area contributed by atoms with E-state index in [4.69, 9.17) is 0 Å². The molecule has 0 aliphatic heterocycles. The molecule has 0 bridgehead atoms. The Morgan fingerprint density at radius 2 is 1.43 bits per heavy atom. The Hall–Kier alpha value is -1.82. The maximum Gasteiger partial charge on any atom is -0.0104 e. The van der Waals surface area contributed by atoms with Gasteiger partial charge in [-0.2, -0.15) is 0 Å². The van der Waals surface area contributed by atoms with Crippen molar-refractivity contribution in [3.63, 3.8) is 0 Å². The minimum atomic E-state index is 0.317. The summed E-state index contributed by atoms with van der Waals surface area (Å²) in [7, 11) is 0. The Kier molecular flexibility index (Phi) is 14.3. The quantitative estimate of drug-likeness (QED) is 0.160. The lowest BCUT2D eigenvalue weighted by molar-refractivity contribution is 0.0767. The van der Waals surface area contributed by atoms with Crippen LogP contribution in [0.3, 0.4) is 0 Å². The molecule has 0 aromatic carbocycles. The topological polar surface area (TPSA) is 0 Å². The molecule has 0 unspecified atom stereocenters. The second kappa shape index (κ2) is 16.6. The van der Waals surface area contributed by atoms with Gasteiger partial charge in [0.2, 0.25) is 0 Å². The lowest BCUT2D eigenvalue weighted by Gasteiger charge is -2.43. The van der Waals surface area contributed by atoms with E-state index >= 15 is 0 Å². The fraction of sp³-hybridized carbons (Fsp3) is 0.650. The van der Waals surface area contributed by atoms with E-state index < -0.39 is 0 Å². The van der Waals surface area contributed by atoms with E-state index in [9.17, 15) is 0 Å². The molecule has 2 aliphatic carbocycles. The maximum absolute atomic E-state index is 2.50. The van der Waals surface area contributed by atoms with Crippen LogP contribution in [0.1, 0.15) is 146 Å². The lowest BCUT2D eigenvalue weighted by atomic mass is 9.62. The lowest BCUT2D eigenvalue weighted by Crippen LogP contribution is -2.33. The molecule has 0 nitrogen and oxygen atoms in total. The standard InChI is InChI=1S/C40H64/c1-31(19-13-21-33(3)25-27-37-35(5)23-15-29-39(37,7)8)17-11-12-18-32(2)20-14-22-34(4)26-28-38-36(6)24-16-30-40(38,9)10/h11-12,17-18,21-22,25,27,36,38H,13-16,19-20,23-24,26,28-30H2,1-10H3/b12-11+,27-25+,31-17+,32-18+,33-21+,34-22+/t36-,38+/m1/s1. The van der Waals surface area contributed by atoms with Crippen LogP contribution in [0.2, 0.25) is 0 Å². The van der Waals surface area contributed by atoms with Crippen LogP contribution in [-0.4, -0.2) is 0 Å². The van der Waals surface area contributed by atoms with Crippen LogP contribution in [0.4, 0.5) is 0 Å². The number of rotatable bonds is 13. The van der Waals surface area contributed by atoms with Crippen molar-refractivity contribution in [2.24, 2.45) is 22.7 Å². The van der Waals surface area contributed by atoms with Crippen LogP contribution in [0.5, 0.6) is 0 Å². The van der Waals surface area contributed by atoms with E-state index in [-0.39, 0.29) is 0 Å². The fourth-order valence-electron chi connectivity index (χ4n) is 7.17. The summed E-state index contributed by atoms with van der Waals surface area (Å²) in [6.07, 6.45) is 33.9. The van der Waals surface area contributed by atoms with Gasteiger partial charge in [-0.05, 0) is 127 Å². The summed E-state index contributed by atoms with van der Waals surface area (Å²) in [4.78, 5) is 0. The average Bonchev–Trinajstić information content (AvgIpc) is 2.85. The molecule has 1 fully saturated rings. The van der Waals surface area contributed by atoms with E-state index in [2.05, 4.69) is 118 Å². The predicted octanol–water partition coefficient (Wildman–Crippen LogP) is 13.2. The summed E-state index contributed by atoms with van der Waals surface area (Å²) >= 11 is 0. The third-order valence-corrected chi connectivity index (χ3v) is 9.99. The van der Waals surface area contributed by atoms with Gasteiger partial charge in [0.15, 0.2) is 0 Å². The third kappa shape index (κ3) is 12.0. The van der Waals surface area contributed by atoms with Crippen molar-refractivity contribution < 1.29 is 0 Å². The Morgan fingerprint density at radius 3 is 2.02 bits per heavy atom. The Balaban J connectivity index is 1.72. The normalized spacial score (nSPS) is 24.9. The molecule has 0 aromatic heterocycles. The highest BCUT2D eigenvalue weighted by atomic mass is 14.4. The molecular formula is C40H64. The molecule has 0 saturated heterocycles. The molecule has 0 N–H and O–H groups in total. The van der Waals surface area contributed by atoms with Crippen LogP contribution >= 0.6 is 0 Å². The number of hydrogen-bond donors (Lipinski definition) is 0. The summed E-state index contributed by atoms with van der Waals surface area (Å²) in [6.45, 7) is 23.7. The van der Waals surface area contributed by atoms with Crippen LogP contribution in [0.15, 0.2) is 82.0 Å². The summed E-state index contributed by atoms with van der Waals surface area (Å²) in [5, 5.41) is 0. The van der Waals surface area contributed by atoms with Crippen LogP contribution < -0.4 is 0 Å². The molecule has 224 valence electrons. The zero-order chi connectivity index (χ0) is 29.8. The number of hydrogen-bond acceptors (Lipinski definition) is 0. The SMILES string of the molecule is CC1=C(/C=C/C(C)=C/CC/C(C)=C/C=C/C=C(\C)CC/C=C(\C)CC[C@H]2[C@H](C)CCCC2(C)C)C(C)(C)CCC1. The molecule has 0 heterocycles. The largest absolute Gasteiger partial charge is 0.0853 e. The van der Waals surface area contributed by atoms with Crippen molar-refractivity contribution in [3.05, 3.63) is 82.0 Å². The van der Waals surface area contributed by atoms with Gasteiger partial charge in [0.05, 0.1) is 0 Å². The van der Waals surface area contributed by atoms with Crippen molar-refractivity contribution in [1.82, 2.24) is 0 Å². The van der Waals surface area contributed by atoms with Crippen molar-refractivity contribution in [1.29, 1.82) is 0 Å². The van der Waals surface area contributed by atoms with Crippen molar-refractivity contribution in [2.75, 3.05) is 0 Å². The molecule has 0 heteroatoms. The van der Waals surface area contributed by atoms with Crippen LogP contribution in [-0.2, 0) is 0 Å². The van der Waals surface area contributed by atoms with E-state index in [0.717, 1.165) is 37.5 Å². The number of allylic oxidation sites excluding steroid dienone is 14. The van der Waals surface area contributed by atoms with Gasteiger partial charge in [-0.25, -0.2) is 0 Å². The molecule has 0 radical (unpaired) electrons. The molecule has 40 heavy (non-hydrogen) atoms. The van der Waals surface area contributed by atoms with Crippen LogP contribution in [0.25, 0.3) is 0 Å². The molecule has 0 amide bonds. The van der Waals surface area contributed by atoms with Gasteiger partial charge in [0, 0.05) is 0 Å². The predicted molar refractivity (Wildman–Crippen MR) is 182 cm³/mol. The van der Waals surface area contributed by atoms with Crippen molar-refractivity contribution in [3.8, 4) is 0 Å². The molecule has 2 aliphatic rings. The van der Waals surface area contributed by atoms with E-state index in [1.54, 1.807) is 16.7 Å². The van der Waals surface area contributed by atoms with E-state index in [1.165, 1.54) is 68.1 Å². The highest BCUT2D eigenvalue weighted by molar-refractivity contribution is 5.36. The van der Waals surface area contributed by atoms with Gasteiger partial charge < -0.3 is 0 Å². The summed E-state index contributed by atoms with van der Waals surface area (Å²) in [5.74, 6) is 1.76. The first-order valence-electron chi connectivity index (χ1n) is 16.5. The second-order valence-corrected chi connectivity index (χ2v) is 14.8. The van der Waals surface area contributed by atoms with Gasteiger partial charge in [0.25, 0.3) is 0 Å². The molecule has 2 atom stereocenters. The molecule has 2 rings (SSSR count). The van der Waals surface area contributed by atoms with Gasteiger partial charge >= 0.3 is 0 Å². The molecular weight excluding hydrogens is 480 g/mol. The Labute approximate surface area is 250 Å². The summed E-state index contributed by atoms with van der Waals surface area (Å²) in [5.41, 5.74) is 9.83. The first kappa shape index (κ1) is 34.4. The highest BCUT2D eigenvalue weighted by Gasteiger charge is 2.36. The monoisotopic (exact) mass is 545 g/mol. The molecule has 1 saturated carbocycles. The Bertz CT molecular complexity index is 1010. The Morgan fingerprint density at radius 1 is 0.800 bits per heavy atom. The van der Waals surface area contributed by atoms with E-state index in [1.807, 2.05) is 0 Å². The molecule has 0 aromatic rings. The highest BCUT2D eigenvalue weighted by Crippen LogP contribution is 2.46. The minimum Gasteiger partial charge on any atom is -0.0853 e. The zero-order valence-electron chi connectivity index (χ0n) is 28.3. The zero-order valence-corrected chi connectivity index (χ0v) is 28.3. The summed E-state index contributed by atoms with van der Waals surface area (Å²) < 4.78 is 0.